The third-order valence-corrected chi connectivity index (χ3v) is 5.63. The Morgan fingerprint density at radius 3 is 2.37 bits per heavy atom. The lowest BCUT2D eigenvalue weighted by Gasteiger charge is -2.36. The number of hydrogen-bond acceptors (Lipinski definition) is 5. The molecule has 2 saturated heterocycles. The molecule has 0 unspecified atom stereocenters. The third kappa shape index (κ3) is 5.19. The highest BCUT2D eigenvalue weighted by atomic mass is 16.2. The maximum Gasteiger partial charge on any atom is 0.225 e. The van der Waals surface area contributed by atoms with Crippen molar-refractivity contribution in [2.45, 2.75) is 19.3 Å². The quantitative estimate of drug-likeness (QED) is 0.768. The Bertz CT molecular complexity index is 621. The smallest absolute Gasteiger partial charge is 0.225 e. The zero-order valence-electron chi connectivity index (χ0n) is 16.5. The van der Waals surface area contributed by atoms with Crippen molar-refractivity contribution >= 4 is 17.6 Å². The average Bonchev–Trinajstić information content (AvgIpc) is 2.72. The van der Waals surface area contributed by atoms with E-state index >= 15 is 0 Å². The number of piperazine rings is 1. The molecular formula is C20H31N5O2. The monoisotopic (exact) mass is 373 g/mol. The van der Waals surface area contributed by atoms with Crippen LogP contribution in [0.1, 0.15) is 19.3 Å². The van der Waals surface area contributed by atoms with Crippen LogP contribution in [0.15, 0.2) is 24.4 Å². The number of anilines is 1. The van der Waals surface area contributed by atoms with Gasteiger partial charge in [-0.05, 0) is 38.1 Å². The molecule has 27 heavy (non-hydrogen) atoms. The number of nitrogens with zero attached hydrogens (tertiary/aromatic N) is 5. The van der Waals surface area contributed by atoms with Gasteiger partial charge in [0.25, 0.3) is 0 Å². The fraction of sp³-hybridized carbons (Fsp3) is 0.650. The highest BCUT2D eigenvalue weighted by Gasteiger charge is 2.27. The molecule has 0 N–H and O–H groups in total. The van der Waals surface area contributed by atoms with E-state index in [0.29, 0.717) is 6.42 Å². The first-order valence-electron chi connectivity index (χ1n) is 9.92. The van der Waals surface area contributed by atoms with Crippen molar-refractivity contribution in [3.63, 3.8) is 0 Å². The van der Waals surface area contributed by atoms with Crippen LogP contribution in [0.4, 0.5) is 5.82 Å². The van der Waals surface area contributed by atoms with Gasteiger partial charge in [0, 0.05) is 65.4 Å². The lowest BCUT2D eigenvalue weighted by atomic mass is 9.95. The standard InChI is InChI=1S/C20H31N5O2/c1-22(2)20(27)17-6-10-23(11-7-17)12-8-19(26)25-15-13-24(14-16-25)18-5-3-4-9-21-18/h3-5,9,17H,6-8,10-16H2,1-2H3. The van der Waals surface area contributed by atoms with Gasteiger partial charge in [0.05, 0.1) is 0 Å². The molecule has 1 aromatic rings. The van der Waals surface area contributed by atoms with Crippen LogP contribution in [-0.4, -0.2) is 91.4 Å². The number of piperidine rings is 1. The first kappa shape index (κ1) is 19.6. The molecule has 0 radical (unpaired) electrons. The molecule has 2 fully saturated rings. The third-order valence-electron chi connectivity index (χ3n) is 5.63. The molecule has 0 aliphatic carbocycles. The topological polar surface area (TPSA) is 60.0 Å². The number of carbonyl (C=O) groups is 2. The summed E-state index contributed by atoms with van der Waals surface area (Å²) in [6.07, 6.45) is 4.17. The van der Waals surface area contributed by atoms with Gasteiger partial charge in [-0.3, -0.25) is 9.59 Å². The summed E-state index contributed by atoms with van der Waals surface area (Å²) in [6, 6.07) is 5.93. The van der Waals surface area contributed by atoms with E-state index < -0.39 is 0 Å². The molecule has 3 heterocycles. The summed E-state index contributed by atoms with van der Waals surface area (Å²) < 4.78 is 0. The van der Waals surface area contributed by atoms with Gasteiger partial charge in [0.2, 0.25) is 11.8 Å². The minimum absolute atomic E-state index is 0.145. The van der Waals surface area contributed by atoms with Crippen LogP contribution in [0.2, 0.25) is 0 Å². The Labute approximate surface area is 161 Å². The molecular weight excluding hydrogens is 342 g/mol. The number of amides is 2. The van der Waals surface area contributed by atoms with Gasteiger partial charge >= 0.3 is 0 Å². The molecule has 2 aliphatic heterocycles. The van der Waals surface area contributed by atoms with Crippen molar-refractivity contribution in [3.8, 4) is 0 Å². The first-order chi connectivity index (χ1) is 13.0. The largest absolute Gasteiger partial charge is 0.353 e. The summed E-state index contributed by atoms with van der Waals surface area (Å²) >= 11 is 0. The SMILES string of the molecule is CN(C)C(=O)C1CCN(CCC(=O)N2CCN(c3ccccn3)CC2)CC1. The maximum absolute atomic E-state index is 12.6. The Morgan fingerprint density at radius 1 is 1.07 bits per heavy atom. The molecule has 0 aromatic carbocycles. The molecule has 0 bridgehead atoms. The van der Waals surface area contributed by atoms with E-state index in [-0.39, 0.29) is 17.7 Å². The van der Waals surface area contributed by atoms with Gasteiger partial charge in [-0.15, -0.1) is 0 Å². The van der Waals surface area contributed by atoms with Gasteiger partial charge in [-0.25, -0.2) is 4.98 Å². The molecule has 7 nitrogen and oxygen atoms in total. The number of hydrogen-bond donors (Lipinski definition) is 0. The number of rotatable bonds is 5. The van der Waals surface area contributed by atoms with E-state index in [1.807, 2.05) is 43.4 Å². The Balaban J connectivity index is 1.36. The van der Waals surface area contributed by atoms with E-state index in [1.165, 1.54) is 0 Å². The van der Waals surface area contributed by atoms with Crippen LogP contribution in [0, 0.1) is 5.92 Å². The van der Waals surface area contributed by atoms with Crippen molar-refractivity contribution < 1.29 is 9.59 Å². The average molecular weight is 374 g/mol. The van der Waals surface area contributed by atoms with E-state index in [9.17, 15) is 9.59 Å². The van der Waals surface area contributed by atoms with E-state index in [0.717, 1.165) is 64.5 Å². The van der Waals surface area contributed by atoms with Gasteiger partial charge in [-0.1, -0.05) is 6.07 Å². The second-order valence-corrected chi connectivity index (χ2v) is 7.65. The maximum atomic E-state index is 12.6. The Kier molecular flexibility index (Phi) is 6.66. The first-order valence-corrected chi connectivity index (χ1v) is 9.92. The van der Waals surface area contributed by atoms with Gasteiger partial charge in [-0.2, -0.15) is 0 Å². The van der Waals surface area contributed by atoms with Crippen LogP contribution < -0.4 is 4.90 Å². The van der Waals surface area contributed by atoms with E-state index in [4.69, 9.17) is 0 Å². The molecule has 0 spiro atoms. The normalized spacial score (nSPS) is 19.2. The van der Waals surface area contributed by atoms with E-state index in [1.54, 1.807) is 4.90 Å². The summed E-state index contributed by atoms with van der Waals surface area (Å²) in [5, 5.41) is 0. The van der Waals surface area contributed by atoms with Crippen molar-refractivity contribution in [3.05, 3.63) is 24.4 Å². The van der Waals surface area contributed by atoms with Gasteiger partial charge in [0.1, 0.15) is 5.82 Å². The molecule has 1 aromatic heterocycles. The molecule has 0 saturated carbocycles. The van der Waals surface area contributed by atoms with Crippen LogP contribution in [-0.2, 0) is 9.59 Å². The van der Waals surface area contributed by atoms with Gasteiger partial charge < -0.3 is 19.6 Å². The molecule has 0 atom stereocenters. The van der Waals surface area contributed by atoms with Gasteiger partial charge in [0.15, 0.2) is 0 Å². The second kappa shape index (κ2) is 9.17. The minimum Gasteiger partial charge on any atom is -0.353 e. The van der Waals surface area contributed by atoms with Crippen molar-refractivity contribution in [1.29, 1.82) is 0 Å². The second-order valence-electron chi connectivity index (χ2n) is 7.65. The fourth-order valence-electron chi connectivity index (χ4n) is 3.91. The van der Waals surface area contributed by atoms with Crippen LogP contribution >= 0.6 is 0 Å². The summed E-state index contributed by atoms with van der Waals surface area (Å²) in [4.78, 5) is 37.2. The number of aromatic nitrogens is 1. The highest BCUT2D eigenvalue weighted by Crippen LogP contribution is 2.19. The highest BCUT2D eigenvalue weighted by molar-refractivity contribution is 5.78. The molecule has 148 valence electrons. The van der Waals surface area contributed by atoms with Crippen molar-refractivity contribution in [2.24, 2.45) is 5.92 Å². The fourth-order valence-corrected chi connectivity index (χ4v) is 3.91. The molecule has 2 amide bonds. The molecule has 7 heteroatoms. The lowest BCUT2D eigenvalue weighted by Crippen LogP contribution is -2.49. The minimum atomic E-state index is 0.145. The van der Waals surface area contributed by atoms with Crippen LogP contribution in [0.3, 0.4) is 0 Å². The summed E-state index contributed by atoms with van der Waals surface area (Å²) in [5.74, 6) is 1.60. The Morgan fingerprint density at radius 2 is 1.78 bits per heavy atom. The van der Waals surface area contributed by atoms with Crippen LogP contribution in [0.5, 0.6) is 0 Å². The van der Waals surface area contributed by atoms with Crippen LogP contribution in [0.25, 0.3) is 0 Å². The van der Waals surface area contributed by atoms with E-state index in [2.05, 4.69) is 14.8 Å². The number of carbonyl (C=O) groups excluding carboxylic acids is 2. The lowest BCUT2D eigenvalue weighted by molar-refractivity contribution is -0.135. The van der Waals surface area contributed by atoms with Crippen molar-refractivity contribution in [1.82, 2.24) is 19.7 Å². The predicted octanol–water partition coefficient (Wildman–Crippen LogP) is 0.921. The molecule has 3 rings (SSSR count). The Hall–Kier alpha value is -2.15. The molecule has 2 aliphatic rings. The predicted molar refractivity (Wildman–Crippen MR) is 106 cm³/mol. The number of pyridine rings is 1. The van der Waals surface area contributed by atoms with Crippen molar-refractivity contribution in [2.75, 3.05) is 64.8 Å². The zero-order chi connectivity index (χ0) is 19.2. The zero-order valence-corrected chi connectivity index (χ0v) is 16.5. The summed E-state index contributed by atoms with van der Waals surface area (Å²) in [6.45, 7) is 5.79. The summed E-state index contributed by atoms with van der Waals surface area (Å²) in [7, 11) is 3.64. The number of likely N-dealkylation sites (tertiary alicyclic amines) is 1. The summed E-state index contributed by atoms with van der Waals surface area (Å²) in [5.41, 5.74) is 0.